The Balaban J connectivity index is 1.86. The lowest BCUT2D eigenvalue weighted by molar-refractivity contribution is -0.161. The van der Waals surface area contributed by atoms with Crippen molar-refractivity contribution >= 4 is 39.2 Å². The van der Waals surface area contributed by atoms with Gasteiger partial charge < -0.3 is 39.9 Å². The summed E-state index contributed by atoms with van der Waals surface area (Å²) < 4.78 is 56.6. The Morgan fingerprint density at radius 2 is 1.28 bits per heavy atom. The van der Waals surface area contributed by atoms with E-state index >= 15 is 0 Å². The summed E-state index contributed by atoms with van der Waals surface area (Å²) in [6, 6.07) is 1.24. The van der Waals surface area contributed by atoms with Gasteiger partial charge in [0.2, 0.25) is 0 Å². The molecule has 1 aliphatic heterocycles. The third-order valence-corrected chi connectivity index (χ3v) is 13.3. The number of ether oxygens (including phenoxy) is 3. The van der Waals surface area contributed by atoms with Crippen LogP contribution in [0.25, 0.3) is 0 Å². The monoisotopic (exact) mass is 1040 g/mol. The van der Waals surface area contributed by atoms with Gasteiger partial charge in [-0.1, -0.05) is 126 Å². The average Bonchev–Trinajstić information content (AvgIpc) is 3.60. The maximum Gasteiger partial charge on any atom is 0.481 e. The SMILES string of the molecule is CCCCC/C=C\C/C=C\CCCCCCCC(=O)OC[C@H](COP(=O)(O)OP(=O)(O)OC[C@H]1O[C@@H](n2ccc(N)nc2=O)[C@H](O)[C@@H]1O)OC(=O)CCC/C=C\C/C=C\C/C=C\C=C\C(=O)CCCCC. The lowest BCUT2D eigenvalue weighted by atomic mass is 10.1. The number of allylic oxidation sites excluding steroid dienone is 12. The zero-order valence-electron chi connectivity index (χ0n) is 41.5. The normalized spacial score (nSPS) is 19.7. The minimum absolute atomic E-state index is 0.0584. The Bertz CT molecular complexity index is 2040. The molecular formula is C50H79N3O16P2. The predicted octanol–water partition coefficient (Wildman–Crippen LogP) is 9.29. The fourth-order valence-corrected chi connectivity index (χ4v) is 8.93. The van der Waals surface area contributed by atoms with Crippen LogP contribution in [-0.2, 0) is 51.1 Å². The van der Waals surface area contributed by atoms with Gasteiger partial charge in [-0.25, -0.2) is 13.9 Å². The molecule has 2 unspecified atom stereocenters. The van der Waals surface area contributed by atoms with E-state index in [1.807, 2.05) is 36.5 Å². The number of anilines is 1. The average molecular weight is 1040 g/mol. The van der Waals surface area contributed by atoms with E-state index in [9.17, 15) is 48.3 Å². The smallest absolute Gasteiger partial charge is 0.462 e. The van der Waals surface area contributed by atoms with E-state index in [4.69, 9.17) is 29.0 Å². The lowest BCUT2D eigenvalue weighted by Crippen LogP contribution is -2.36. The van der Waals surface area contributed by atoms with Crippen molar-refractivity contribution in [1.82, 2.24) is 9.55 Å². The first kappa shape index (κ1) is 63.0. The van der Waals surface area contributed by atoms with Crippen LogP contribution < -0.4 is 11.4 Å². The third kappa shape index (κ3) is 30.5. The molecule has 0 aliphatic carbocycles. The lowest BCUT2D eigenvalue weighted by Gasteiger charge is -2.21. The molecule has 0 radical (unpaired) electrons. The Morgan fingerprint density at radius 1 is 0.718 bits per heavy atom. The van der Waals surface area contributed by atoms with E-state index in [0.29, 0.717) is 38.5 Å². The van der Waals surface area contributed by atoms with Crippen molar-refractivity contribution < 1.29 is 71.1 Å². The summed E-state index contributed by atoms with van der Waals surface area (Å²) in [5, 5.41) is 20.9. The molecule has 1 fully saturated rings. The van der Waals surface area contributed by atoms with Gasteiger partial charge in [0.15, 0.2) is 18.1 Å². The molecule has 1 aromatic rings. The van der Waals surface area contributed by atoms with Crippen molar-refractivity contribution in [3.8, 4) is 0 Å². The summed E-state index contributed by atoms with van der Waals surface area (Å²) in [5.41, 5.74) is 4.57. The van der Waals surface area contributed by atoms with E-state index in [2.05, 4.69) is 47.4 Å². The molecule has 0 aromatic carbocycles. The molecule has 1 aromatic heterocycles. The number of esters is 2. The van der Waals surface area contributed by atoms with Gasteiger partial charge in [0, 0.05) is 25.5 Å². The van der Waals surface area contributed by atoms with E-state index in [1.54, 1.807) is 12.2 Å². The minimum atomic E-state index is -5.45. The van der Waals surface area contributed by atoms with E-state index in [1.165, 1.54) is 25.3 Å². The number of hydrogen-bond donors (Lipinski definition) is 5. The number of carbonyl (C=O) groups excluding carboxylic acids is 3. The number of carbonyl (C=O) groups is 3. The molecule has 0 spiro atoms. The van der Waals surface area contributed by atoms with Crippen molar-refractivity contribution in [2.45, 2.75) is 179 Å². The number of aliphatic hydroxyl groups is 2. The molecule has 2 rings (SSSR count). The molecule has 6 N–H and O–H groups in total. The van der Waals surface area contributed by atoms with Crippen LogP contribution in [0.15, 0.2) is 90.0 Å². The second-order valence-corrected chi connectivity index (χ2v) is 20.0. The van der Waals surface area contributed by atoms with Crippen molar-refractivity contribution in [3.63, 3.8) is 0 Å². The first-order valence-corrected chi connectivity index (χ1v) is 27.9. The zero-order valence-corrected chi connectivity index (χ0v) is 43.3. The number of nitrogen functional groups attached to an aromatic ring is 1. The second-order valence-electron chi connectivity index (χ2n) is 17.0. The van der Waals surface area contributed by atoms with Gasteiger partial charge in [0.1, 0.15) is 30.7 Å². The highest BCUT2D eigenvalue weighted by Crippen LogP contribution is 2.60. The predicted molar refractivity (Wildman–Crippen MR) is 270 cm³/mol. The molecule has 19 nitrogen and oxygen atoms in total. The number of aliphatic hydroxyl groups excluding tert-OH is 2. The van der Waals surface area contributed by atoms with E-state index in [-0.39, 0.29) is 24.4 Å². The molecule has 0 amide bonds. The van der Waals surface area contributed by atoms with Crippen molar-refractivity contribution in [2.24, 2.45) is 0 Å². The molecule has 1 saturated heterocycles. The van der Waals surface area contributed by atoms with Gasteiger partial charge in [0.05, 0.1) is 13.2 Å². The van der Waals surface area contributed by atoms with Crippen molar-refractivity contribution in [1.29, 1.82) is 0 Å². The summed E-state index contributed by atoms with van der Waals surface area (Å²) in [4.78, 5) is 73.6. The Hall–Kier alpha value is -4.13. The van der Waals surface area contributed by atoms with E-state index < -0.39 is 83.7 Å². The van der Waals surface area contributed by atoms with Crippen LogP contribution in [0.3, 0.4) is 0 Å². The first-order valence-electron chi connectivity index (χ1n) is 24.9. The number of nitrogens with two attached hydrogens (primary N) is 1. The Kier molecular flexibility index (Phi) is 33.3. The van der Waals surface area contributed by atoms with Gasteiger partial charge in [0.25, 0.3) is 0 Å². The van der Waals surface area contributed by atoms with Gasteiger partial charge in [-0.05, 0) is 82.8 Å². The van der Waals surface area contributed by atoms with Crippen LogP contribution in [0.4, 0.5) is 5.82 Å². The van der Waals surface area contributed by atoms with Crippen LogP contribution in [0.1, 0.15) is 155 Å². The first-order chi connectivity index (χ1) is 34.1. The topological polar surface area (TPSA) is 283 Å². The fraction of sp³-hybridized carbons (Fsp3) is 0.620. The van der Waals surface area contributed by atoms with Crippen LogP contribution in [-0.4, -0.2) is 91.5 Å². The minimum Gasteiger partial charge on any atom is -0.462 e. The number of unbranched alkanes of at least 4 members (excludes halogenated alkanes) is 11. The molecule has 0 bridgehead atoms. The van der Waals surface area contributed by atoms with Crippen LogP contribution in [0, 0.1) is 0 Å². The Labute approximate surface area is 419 Å². The highest BCUT2D eigenvalue weighted by atomic mass is 31.3. The number of aromatic nitrogens is 2. The van der Waals surface area contributed by atoms with E-state index in [0.717, 1.165) is 75.0 Å². The van der Waals surface area contributed by atoms with Crippen molar-refractivity contribution in [3.05, 3.63) is 95.7 Å². The summed E-state index contributed by atoms with van der Waals surface area (Å²) in [6.45, 7) is 1.88. The third-order valence-electron chi connectivity index (χ3n) is 10.7. The second kappa shape index (κ2) is 37.6. The summed E-state index contributed by atoms with van der Waals surface area (Å²) in [7, 11) is -10.9. The van der Waals surface area contributed by atoms with Gasteiger partial charge in [-0.2, -0.15) is 9.29 Å². The molecule has 2 heterocycles. The number of rotatable bonds is 40. The largest absolute Gasteiger partial charge is 0.481 e. The molecule has 400 valence electrons. The molecule has 0 saturated carbocycles. The zero-order chi connectivity index (χ0) is 52.2. The standard InChI is InChI=1S/C50H79N3O16P2/c1-3-5-7-8-9-10-11-12-13-14-17-20-23-26-30-34-45(55)64-38-42(67-46(56)35-31-27-24-21-18-15-16-19-22-25-29-33-41(54)32-28-6-4-2)39-65-70(60,61)69-71(62,63)66-40-43-47(57)48(58)49(68-43)53-37-36-44(51)52-50(53)59/h9-10,12-13,15-16,21-22,24-25,29,33,36-37,42-43,47-49,57-58H,3-8,11,14,17-20,23,26-28,30-32,34-35,38-40H2,1-2H3,(H,60,61)(H,62,63)(H2,51,52,59)/b10-9-,13-12-,16-15-,24-21-,25-22-,33-29+/t42-,43-,47-,48-,49-/m1/s1. The number of ketones is 1. The highest BCUT2D eigenvalue weighted by Gasteiger charge is 2.46. The van der Waals surface area contributed by atoms with Crippen LogP contribution >= 0.6 is 15.6 Å². The molecular weight excluding hydrogens is 961 g/mol. The summed E-state index contributed by atoms with van der Waals surface area (Å²) in [6.07, 6.45) is 34.0. The highest BCUT2D eigenvalue weighted by molar-refractivity contribution is 7.61. The quantitative estimate of drug-likeness (QED) is 0.0102. The van der Waals surface area contributed by atoms with Crippen LogP contribution in [0.2, 0.25) is 0 Å². The summed E-state index contributed by atoms with van der Waals surface area (Å²) in [5.74, 6) is -1.30. The number of hydrogen-bond acceptors (Lipinski definition) is 16. The van der Waals surface area contributed by atoms with Gasteiger partial charge in [-0.15, -0.1) is 0 Å². The molecule has 71 heavy (non-hydrogen) atoms. The maximum atomic E-state index is 12.8. The number of nitrogens with zero attached hydrogens (tertiary/aromatic N) is 2. The number of phosphoric ester groups is 2. The fourth-order valence-electron chi connectivity index (χ4n) is 6.82. The van der Waals surface area contributed by atoms with Gasteiger partial charge >= 0.3 is 33.3 Å². The maximum absolute atomic E-state index is 12.8. The van der Waals surface area contributed by atoms with Crippen LogP contribution in [0.5, 0.6) is 0 Å². The van der Waals surface area contributed by atoms with Gasteiger partial charge in [-0.3, -0.25) is 28.0 Å². The van der Waals surface area contributed by atoms with Crippen molar-refractivity contribution in [2.75, 3.05) is 25.6 Å². The number of phosphoric acid groups is 2. The molecule has 1 aliphatic rings. The Morgan fingerprint density at radius 3 is 1.96 bits per heavy atom. The molecule has 7 atom stereocenters. The molecule has 21 heteroatoms. The summed E-state index contributed by atoms with van der Waals surface area (Å²) >= 11 is 0.